The first-order valence-electron chi connectivity index (χ1n) is 5.46. The molecule has 0 unspecified atom stereocenters. The summed E-state index contributed by atoms with van der Waals surface area (Å²) in [5, 5.41) is 2.93. The van der Waals surface area contributed by atoms with Gasteiger partial charge >= 0.3 is 5.97 Å². The molecular weight excluding hydrogens is 232 g/mol. The molecule has 0 saturated carbocycles. The number of nitrogens with zero attached hydrogens (tertiary/aromatic N) is 3. The second kappa shape index (κ2) is 5.72. The third-order valence-corrected chi connectivity index (χ3v) is 2.11. The average Bonchev–Trinajstić information content (AvgIpc) is 2.41. The van der Waals surface area contributed by atoms with Gasteiger partial charge in [0.1, 0.15) is 17.2 Å². The molecule has 0 aliphatic carbocycles. The minimum absolute atomic E-state index is 0.318. The molecule has 0 atom stereocenters. The number of pyridine rings is 1. The summed E-state index contributed by atoms with van der Waals surface area (Å²) in [5.74, 6) is 0.496. The fourth-order valence-corrected chi connectivity index (χ4v) is 1.36. The Morgan fingerprint density at radius 2 is 2.22 bits per heavy atom. The number of hydrogen-bond acceptors (Lipinski definition) is 6. The number of carbonyl (C=O) groups excluding carboxylic acids is 1. The van der Waals surface area contributed by atoms with E-state index in [1.807, 2.05) is 0 Å². The first kappa shape index (κ1) is 12.0. The van der Waals surface area contributed by atoms with Crippen LogP contribution in [0.5, 0.6) is 0 Å². The lowest BCUT2D eigenvalue weighted by Crippen LogP contribution is -2.09. The van der Waals surface area contributed by atoms with Crippen molar-refractivity contribution < 1.29 is 9.53 Å². The first-order valence-corrected chi connectivity index (χ1v) is 5.46. The Morgan fingerprint density at radius 3 is 2.94 bits per heavy atom. The van der Waals surface area contributed by atoms with Crippen LogP contribution >= 0.6 is 0 Å². The van der Waals surface area contributed by atoms with Crippen molar-refractivity contribution in [3.63, 3.8) is 0 Å². The number of carbonyl (C=O) groups is 1. The Labute approximate surface area is 104 Å². The van der Waals surface area contributed by atoms with Crippen molar-refractivity contribution in [1.29, 1.82) is 0 Å². The number of rotatable bonds is 4. The van der Waals surface area contributed by atoms with E-state index in [-0.39, 0.29) is 0 Å². The van der Waals surface area contributed by atoms with E-state index < -0.39 is 5.97 Å². The molecule has 0 fully saturated rings. The summed E-state index contributed by atoms with van der Waals surface area (Å²) in [6, 6.07) is 3.32. The van der Waals surface area contributed by atoms with Crippen LogP contribution in [0.4, 0.5) is 11.6 Å². The van der Waals surface area contributed by atoms with Crippen molar-refractivity contribution in [3.8, 4) is 0 Å². The van der Waals surface area contributed by atoms with Gasteiger partial charge in [-0.2, -0.15) is 0 Å². The number of ether oxygens (including phenoxy) is 1. The van der Waals surface area contributed by atoms with Gasteiger partial charge in [0.15, 0.2) is 0 Å². The van der Waals surface area contributed by atoms with E-state index in [9.17, 15) is 4.79 Å². The molecule has 6 heteroatoms. The molecule has 2 aromatic rings. The molecule has 1 N–H and O–H groups in total. The molecule has 0 saturated heterocycles. The summed E-state index contributed by atoms with van der Waals surface area (Å²) >= 11 is 0. The number of aromatic nitrogens is 3. The number of esters is 1. The van der Waals surface area contributed by atoms with Crippen LogP contribution in [0, 0.1) is 0 Å². The third-order valence-electron chi connectivity index (χ3n) is 2.11. The predicted molar refractivity (Wildman–Crippen MR) is 65.5 cm³/mol. The molecule has 2 aromatic heterocycles. The summed E-state index contributed by atoms with van der Waals surface area (Å²) in [7, 11) is 0. The van der Waals surface area contributed by atoms with E-state index in [2.05, 4.69) is 20.3 Å². The van der Waals surface area contributed by atoms with Crippen LogP contribution in [0.15, 0.2) is 36.9 Å². The monoisotopic (exact) mass is 244 g/mol. The highest BCUT2D eigenvalue weighted by Gasteiger charge is 2.13. The van der Waals surface area contributed by atoms with Crippen molar-refractivity contribution in [2.24, 2.45) is 0 Å². The van der Waals surface area contributed by atoms with Crippen LogP contribution in [0.2, 0.25) is 0 Å². The molecule has 92 valence electrons. The smallest absolute Gasteiger partial charge is 0.341 e. The molecule has 0 aromatic carbocycles. The standard InChI is InChI=1S/C12H12N4O2/c1-2-18-12(17)9-4-3-5-15-11(9)16-10-8-13-6-7-14-10/h3-8H,2H2,1H3,(H,14,15,16). The van der Waals surface area contributed by atoms with Crippen molar-refractivity contribution in [2.45, 2.75) is 6.92 Å². The van der Waals surface area contributed by atoms with Crippen molar-refractivity contribution in [3.05, 3.63) is 42.5 Å². The van der Waals surface area contributed by atoms with E-state index in [4.69, 9.17) is 4.74 Å². The molecule has 2 rings (SSSR count). The summed E-state index contributed by atoms with van der Waals surface area (Å²) < 4.78 is 4.95. The zero-order chi connectivity index (χ0) is 12.8. The van der Waals surface area contributed by atoms with Gasteiger partial charge in [0.25, 0.3) is 0 Å². The Kier molecular flexibility index (Phi) is 3.80. The lowest BCUT2D eigenvalue weighted by atomic mass is 10.2. The maximum absolute atomic E-state index is 11.7. The summed E-state index contributed by atoms with van der Waals surface area (Å²) in [6.07, 6.45) is 6.25. The maximum atomic E-state index is 11.7. The zero-order valence-corrected chi connectivity index (χ0v) is 9.83. The highest BCUT2D eigenvalue weighted by Crippen LogP contribution is 2.16. The van der Waals surface area contributed by atoms with Gasteiger partial charge in [-0.1, -0.05) is 0 Å². The molecule has 0 bridgehead atoms. The summed E-state index contributed by atoms with van der Waals surface area (Å²) in [6.45, 7) is 2.07. The quantitative estimate of drug-likeness (QED) is 0.826. The summed E-state index contributed by atoms with van der Waals surface area (Å²) in [4.78, 5) is 23.8. The van der Waals surface area contributed by atoms with Crippen LogP contribution < -0.4 is 5.32 Å². The minimum Gasteiger partial charge on any atom is -0.462 e. The highest BCUT2D eigenvalue weighted by atomic mass is 16.5. The molecule has 0 amide bonds. The molecule has 0 aliphatic rings. The molecule has 0 spiro atoms. The Morgan fingerprint density at radius 1 is 1.33 bits per heavy atom. The van der Waals surface area contributed by atoms with Gasteiger partial charge in [-0.25, -0.2) is 14.8 Å². The van der Waals surface area contributed by atoms with Gasteiger partial charge in [0, 0.05) is 18.6 Å². The molecule has 0 aliphatic heterocycles. The summed E-state index contributed by atoms with van der Waals surface area (Å²) in [5.41, 5.74) is 0.366. The fraction of sp³-hybridized carbons (Fsp3) is 0.167. The Balaban J connectivity index is 2.25. The van der Waals surface area contributed by atoms with Crippen LogP contribution in [0.3, 0.4) is 0 Å². The molecule has 18 heavy (non-hydrogen) atoms. The van der Waals surface area contributed by atoms with Gasteiger partial charge in [-0.3, -0.25) is 4.98 Å². The number of nitrogens with one attached hydrogen (secondary N) is 1. The van der Waals surface area contributed by atoms with Gasteiger partial charge in [0.2, 0.25) is 0 Å². The normalized spacial score (nSPS) is 9.83. The van der Waals surface area contributed by atoms with Gasteiger partial charge in [0.05, 0.1) is 12.8 Å². The first-order chi connectivity index (χ1) is 8.81. The lowest BCUT2D eigenvalue weighted by Gasteiger charge is -2.08. The van der Waals surface area contributed by atoms with E-state index in [1.54, 1.807) is 43.8 Å². The molecule has 6 nitrogen and oxygen atoms in total. The van der Waals surface area contributed by atoms with Crippen molar-refractivity contribution in [2.75, 3.05) is 11.9 Å². The number of hydrogen-bond donors (Lipinski definition) is 1. The topological polar surface area (TPSA) is 77.0 Å². The van der Waals surface area contributed by atoms with Gasteiger partial charge in [-0.15, -0.1) is 0 Å². The van der Waals surface area contributed by atoms with Crippen molar-refractivity contribution in [1.82, 2.24) is 15.0 Å². The van der Waals surface area contributed by atoms with Crippen LogP contribution in [0.25, 0.3) is 0 Å². The number of anilines is 2. The van der Waals surface area contributed by atoms with E-state index >= 15 is 0 Å². The third kappa shape index (κ3) is 2.79. The highest BCUT2D eigenvalue weighted by molar-refractivity contribution is 5.95. The second-order valence-corrected chi connectivity index (χ2v) is 3.34. The van der Waals surface area contributed by atoms with Crippen LogP contribution in [-0.2, 0) is 4.74 Å². The Bertz CT molecular complexity index is 531. The van der Waals surface area contributed by atoms with Gasteiger partial charge in [-0.05, 0) is 19.1 Å². The second-order valence-electron chi connectivity index (χ2n) is 3.34. The fourth-order valence-electron chi connectivity index (χ4n) is 1.36. The minimum atomic E-state index is -0.419. The van der Waals surface area contributed by atoms with Crippen LogP contribution in [-0.4, -0.2) is 27.5 Å². The maximum Gasteiger partial charge on any atom is 0.341 e. The zero-order valence-electron chi connectivity index (χ0n) is 9.83. The lowest BCUT2D eigenvalue weighted by molar-refractivity contribution is 0.0527. The van der Waals surface area contributed by atoms with Crippen molar-refractivity contribution >= 4 is 17.6 Å². The molecule has 2 heterocycles. The molecular formula is C12H12N4O2. The van der Waals surface area contributed by atoms with E-state index in [0.29, 0.717) is 23.8 Å². The molecule has 0 radical (unpaired) electrons. The largest absolute Gasteiger partial charge is 0.462 e. The Hall–Kier alpha value is -2.50. The van der Waals surface area contributed by atoms with Crippen LogP contribution in [0.1, 0.15) is 17.3 Å². The SMILES string of the molecule is CCOC(=O)c1cccnc1Nc1cnccn1. The predicted octanol–water partition coefficient (Wildman–Crippen LogP) is 1.79. The van der Waals surface area contributed by atoms with Gasteiger partial charge < -0.3 is 10.1 Å². The van der Waals surface area contributed by atoms with E-state index in [1.165, 1.54) is 0 Å². The average molecular weight is 244 g/mol. The van der Waals surface area contributed by atoms with E-state index in [0.717, 1.165) is 0 Å².